The first kappa shape index (κ1) is 14.8. The molecular weight excluding hydrogens is 322 g/mol. The van der Waals surface area contributed by atoms with E-state index in [0.717, 1.165) is 34.0 Å². The van der Waals surface area contributed by atoms with Gasteiger partial charge in [-0.3, -0.25) is 9.79 Å². The molecule has 3 heterocycles. The van der Waals surface area contributed by atoms with E-state index in [9.17, 15) is 4.79 Å². The van der Waals surface area contributed by atoms with Crippen molar-refractivity contribution in [1.82, 2.24) is 14.6 Å². The second-order valence-electron chi connectivity index (χ2n) is 5.53. The smallest absolute Gasteiger partial charge is 0.283 e. The molecule has 3 aromatic rings. The molecule has 7 heteroatoms. The Kier molecular flexibility index (Phi) is 3.31. The van der Waals surface area contributed by atoms with E-state index in [1.165, 1.54) is 11.3 Å². The molecule has 0 aliphatic carbocycles. The number of nitrogens with two attached hydrogens (primary N) is 1. The molecule has 1 aliphatic heterocycles. The first-order valence-corrected chi connectivity index (χ1v) is 8.45. The van der Waals surface area contributed by atoms with Gasteiger partial charge in [0.25, 0.3) is 5.56 Å². The fourth-order valence-corrected chi connectivity index (χ4v) is 3.59. The molecule has 0 saturated heterocycles. The Labute approximate surface area is 142 Å². The number of para-hydroxylation sites is 1. The standard InChI is InChI=1S/C17H15N5OS/c1-3-14-21-22-15(18)12(16(23)20-17(22)24-14)8-11-9(2)19-13-7-5-4-6-10(11)13/h4-8H,3,18H2,1-2H3. The van der Waals surface area contributed by atoms with Gasteiger partial charge in [-0.25, -0.2) is 0 Å². The molecule has 4 rings (SSSR count). The van der Waals surface area contributed by atoms with Crippen LogP contribution in [0.25, 0.3) is 16.6 Å². The number of allylic oxidation sites excluding steroid dienone is 1. The van der Waals surface area contributed by atoms with E-state index in [-0.39, 0.29) is 5.56 Å². The van der Waals surface area contributed by atoms with Gasteiger partial charge < -0.3 is 5.73 Å². The third-order valence-corrected chi connectivity index (χ3v) is 5.05. The second kappa shape index (κ2) is 5.38. The number of hydrogen-bond donors (Lipinski definition) is 1. The van der Waals surface area contributed by atoms with Crippen molar-refractivity contribution in [3.05, 3.63) is 50.8 Å². The average Bonchev–Trinajstić information content (AvgIpc) is 3.12. The summed E-state index contributed by atoms with van der Waals surface area (Å²) in [6.07, 6.45) is 2.55. The number of hydrogen-bond acceptors (Lipinski definition) is 6. The van der Waals surface area contributed by atoms with Gasteiger partial charge in [0.1, 0.15) is 10.8 Å². The Morgan fingerprint density at radius 3 is 2.92 bits per heavy atom. The van der Waals surface area contributed by atoms with Gasteiger partial charge in [-0.15, -0.1) is 0 Å². The van der Waals surface area contributed by atoms with Crippen LogP contribution in [-0.2, 0) is 6.42 Å². The molecular formula is C17H15N5OS. The predicted molar refractivity (Wildman–Crippen MR) is 98.0 cm³/mol. The van der Waals surface area contributed by atoms with Gasteiger partial charge in [0.15, 0.2) is 0 Å². The molecule has 0 unspecified atom stereocenters. The minimum Gasteiger partial charge on any atom is -0.383 e. The Hall–Kier alpha value is -2.80. The molecule has 0 amide bonds. The third kappa shape index (κ3) is 2.16. The highest BCUT2D eigenvalue weighted by molar-refractivity contribution is 7.16. The summed E-state index contributed by atoms with van der Waals surface area (Å²) < 4.78 is 1.55. The zero-order valence-electron chi connectivity index (χ0n) is 13.3. The van der Waals surface area contributed by atoms with Gasteiger partial charge in [0.05, 0.1) is 11.3 Å². The van der Waals surface area contributed by atoms with E-state index in [2.05, 4.69) is 15.1 Å². The predicted octanol–water partition coefficient (Wildman–Crippen LogP) is 2.94. The maximum absolute atomic E-state index is 12.4. The van der Waals surface area contributed by atoms with Gasteiger partial charge in [-0.05, 0) is 25.5 Å². The number of anilines is 1. The lowest BCUT2D eigenvalue weighted by Crippen LogP contribution is -2.17. The molecule has 0 bridgehead atoms. The summed E-state index contributed by atoms with van der Waals surface area (Å²) in [6, 6.07) is 7.83. The summed E-state index contributed by atoms with van der Waals surface area (Å²) in [7, 11) is 0. The largest absolute Gasteiger partial charge is 0.383 e. The number of nitrogens with zero attached hydrogens (tertiary/aromatic N) is 4. The van der Waals surface area contributed by atoms with Crippen molar-refractivity contribution >= 4 is 45.2 Å². The normalized spacial score (nSPS) is 15.1. The van der Waals surface area contributed by atoms with Crippen molar-refractivity contribution < 1.29 is 0 Å². The minimum atomic E-state index is -0.344. The zero-order chi connectivity index (χ0) is 16.8. The van der Waals surface area contributed by atoms with E-state index in [1.54, 1.807) is 10.6 Å². The number of rotatable bonds is 2. The number of aromatic nitrogens is 3. The molecule has 0 saturated carbocycles. The van der Waals surface area contributed by atoms with Crippen LogP contribution in [0, 0.1) is 0 Å². The summed E-state index contributed by atoms with van der Waals surface area (Å²) in [4.78, 5) is 21.6. The first-order chi connectivity index (χ1) is 11.6. The van der Waals surface area contributed by atoms with Crippen LogP contribution < -0.4 is 11.3 Å². The average molecular weight is 337 g/mol. The molecule has 1 aliphatic rings. The van der Waals surface area contributed by atoms with Crippen molar-refractivity contribution in [3.63, 3.8) is 0 Å². The molecule has 0 fully saturated rings. The first-order valence-electron chi connectivity index (χ1n) is 7.63. The van der Waals surface area contributed by atoms with Crippen LogP contribution in [-0.4, -0.2) is 20.3 Å². The van der Waals surface area contributed by atoms with Crippen LogP contribution in [0.15, 0.2) is 34.1 Å². The molecule has 1 aromatic carbocycles. The molecule has 2 aromatic heterocycles. The highest BCUT2D eigenvalue weighted by Crippen LogP contribution is 2.35. The van der Waals surface area contributed by atoms with Crippen LogP contribution in [0.2, 0.25) is 0 Å². The number of aryl methyl sites for hydroxylation is 1. The number of nitrogen functional groups attached to an aromatic ring is 1. The van der Waals surface area contributed by atoms with E-state index < -0.39 is 0 Å². The minimum absolute atomic E-state index is 0.311. The highest BCUT2D eigenvalue weighted by atomic mass is 32.1. The van der Waals surface area contributed by atoms with Gasteiger partial charge in [-0.1, -0.05) is 36.5 Å². The monoisotopic (exact) mass is 337 g/mol. The fourth-order valence-electron chi connectivity index (χ4n) is 2.76. The number of benzene rings is 1. The molecule has 6 nitrogen and oxygen atoms in total. The number of fused-ring (bicyclic) bond motifs is 2. The summed E-state index contributed by atoms with van der Waals surface area (Å²) in [5, 5.41) is 5.31. The van der Waals surface area contributed by atoms with Crippen molar-refractivity contribution in [2.75, 3.05) is 5.73 Å². The lowest BCUT2D eigenvalue weighted by molar-refractivity contribution is 0.892. The van der Waals surface area contributed by atoms with Crippen molar-refractivity contribution in [3.8, 4) is 0 Å². The van der Waals surface area contributed by atoms with Crippen molar-refractivity contribution in [1.29, 1.82) is 0 Å². The van der Waals surface area contributed by atoms with Crippen LogP contribution in [0.3, 0.4) is 0 Å². The van der Waals surface area contributed by atoms with Crippen LogP contribution in [0.5, 0.6) is 0 Å². The van der Waals surface area contributed by atoms with Crippen molar-refractivity contribution in [2.45, 2.75) is 20.3 Å². The van der Waals surface area contributed by atoms with E-state index >= 15 is 0 Å². The lowest BCUT2D eigenvalue weighted by atomic mass is 10.0. The molecule has 24 heavy (non-hydrogen) atoms. The van der Waals surface area contributed by atoms with Gasteiger partial charge in [-0.2, -0.15) is 14.6 Å². The molecule has 2 N–H and O–H groups in total. The van der Waals surface area contributed by atoms with Crippen molar-refractivity contribution in [2.24, 2.45) is 4.99 Å². The third-order valence-electron chi connectivity index (χ3n) is 4.00. The topological polar surface area (TPSA) is 85.6 Å². The Balaban J connectivity index is 1.95. The van der Waals surface area contributed by atoms with E-state index in [0.29, 0.717) is 16.3 Å². The molecule has 0 atom stereocenters. The fraction of sp³-hybridized carbons (Fsp3) is 0.176. The maximum atomic E-state index is 12.4. The van der Waals surface area contributed by atoms with Gasteiger partial charge >= 0.3 is 0 Å². The van der Waals surface area contributed by atoms with Gasteiger partial charge in [0.2, 0.25) is 4.96 Å². The Morgan fingerprint density at radius 2 is 2.12 bits per heavy atom. The summed E-state index contributed by atoms with van der Waals surface area (Å²) in [5.74, 6) is 0.311. The summed E-state index contributed by atoms with van der Waals surface area (Å²) in [6.45, 7) is 3.92. The number of aliphatic imine (C=N–C) groups is 1. The lowest BCUT2D eigenvalue weighted by Gasteiger charge is -2.04. The molecule has 120 valence electrons. The summed E-state index contributed by atoms with van der Waals surface area (Å²) >= 11 is 1.38. The molecule has 0 spiro atoms. The highest BCUT2D eigenvalue weighted by Gasteiger charge is 2.19. The Morgan fingerprint density at radius 1 is 1.33 bits per heavy atom. The summed E-state index contributed by atoms with van der Waals surface area (Å²) in [5.41, 5.74) is 9.85. The van der Waals surface area contributed by atoms with Crippen LogP contribution in [0.1, 0.15) is 30.0 Å². The second-order valence-corrected chi connectivity index (χ2v) is 6.57. The molecule has 0 radical (unpaired) electrons. The Bertz CT molecular complexity index is 1090. The van der Waals surface area contributed by atoms with E-state index in [4.69, 9.17) is 5.73 Å². The van der Waals surface area contributed by atoms with Gasteiger partial charge in [0, 0.05) is 16.8 Å². The van der Waals surface area contributed by atoms with Crippen LogP contribution in [0.4, 0.5) is 11.5 Å². The zero-order valence-corrected chi connectivity index (χ0v) is 14.1. The maximum Gasteiger partial charge on any atom is 0.283 e. The quantitative estimate of drug-likeness (QED) is 0.779. The van der Waals surface area contributed by atoms with Crippen LogP contribution >= 0.6 is 11.3 Å². The van der Waals surface area contributed by atoms with E-state index in [1.807, 2.05) is 38.1 Å². The SMILES string of the molecule is CCc1nn2c(N)c(C=C3C(C)=Nc4ccccc43)c(=O)nc2s1.